The maximum atomic E-state index is 11.8. The topological polar surface area (TPSA) is 121 Å². The number of nitrogens with one attached hydrogen (secondary N) is 1. The van der Waals surface area contributed by atoms with Crippen molar-refractivity contribution >= 4 is 33.3 Å². The second kappa shape index (κ2) is 6.64. The Bertz CT molecular complexity index is 536. The number of rotatable bonds is 8. The summed E-state index contributed by atoms with van der Waals surface area (Å²) >= 11 is 0.975. The molecule has 0 aromatic carbocycles. The molecule has 0 fully saturated rings. The maximum Gasteiger partial charge on any atom is 0.321 e. The molecule has 1 aromatic heterocycles. The number of hydrogen-bond donors (Lipinski definition) is 3. The third kappa shape index (κ3) is 4.97. The van der Waals surface area contributed by atoms with Crippen molar-refractivity contribution in [2.24, 2.45) is 0 Å². The van der Waals surface area contributed by atoms with E-state index in [1.165, 1.54) is 6.07 Å². The molecule has 0 bridgehead atoms. The number of carbonyl (C=O) groups is 2. The van der Waals surface area contributed by atoms with Crippen LogP contribution in [0.1, 0.15) is 19.3 Å². The molecule has 0 amide bonds. The van der Waals surface area contributed by atoms with E-state index >= 15 is 0 Å². The average Bonchev–Trinajstić information content (AvgIpc) is 2.80. The zero-order valence-electron chi connectivity index (χ0n) is 9.77. The van der Waals surface area contributed by atoms with Crippen molar-refractivity contribution in [1.82, 2.24) is 4.72 Å². The first kappa shape index (κ1) is 15.6. The van der Waals surface area contributed by atoms with Gasteiger partial charge in [-0.05, 0) is 24.3 Å². The van der Waals surface area contributed by atoms with Gasteiger partial charge in [0.2, 0.25) is 0 Å². The van der Waals surface area contributed by atoms with Gasteiger partial charge in [0.25, 0.3) is 10.0 Å². The van der Waals surface area contributed by atoms with Crippen molar-refractivity contribution < 1.29 is 28.2 Å². The Morgan fingerprint density at radius 2 is 2.05 bits per heavy atom. The van der Waals surface area contributed by atoms with E-state index in [1.54, 1.807) is 11.4 Å². The zero-order chi connectivity index (χ0) is 14.5. The molecule has 0 spiro atoms. The van der Waals surface area contributed by atoms with E-state index in [9.17, 15) is 18.0 Å². The van der Waals surface area contributed by atoms with Gasteiger partial charge in [-0.15, -0.1) is 11.3 Å². The Kier molecular flexibility index (Phi) is 5.45. The largest absolute Gasteiger partial charge is 0.481 e. The standard InChI is InChI=1S/C10H13NO6S2/c12-8(13)4-1-3-7(10(14)15)11-19(16,17)9-5-2-6-18-9/h2,5-7,11H,1,3-4H2,(H,12,13)(H,14,15). The fraction of sp³-hybridized carbons (Fsp3) is 0.400. The van der Waals surface area contributed by atoms with Crippen LogP contribution in [0.4, 0.5) is 0 Å². The molecular weight excluding hydrogens is 294 g/mol. The van der Waals surface area contributed by atoms with Crippen LogP contribution >= 0.6 is 11.3 Å². The SMILES string of the molecule is O=C(O)CCCC(NS(=O)(=O)c1cccs1)C(=O)O. The van der Waals surface area contributed by atoms with Gasteiger partial charge in [0, 0.05) is 6.42 Å². The van der Waals surface area contributed by atoms with Crippen molar-refractivity contribution in [3.8, 4) is 0 Å². The predicted molar refractivity (Wildman–Crippen MR) is 67.6 cm³/mol. The summed E-state index contributed by atoms with van der Waals surface area (Å²) < 4.78 is 25.7. The number of carboxylic acids is 2. The molecule has 9 heteroatoms. The summed E-state index contributed by atoms with van der Waals surface area (Å²) in [5, 5.41) is 19.0. The summed E-state index contributed by atoms with van der Waals surface area (Å²) in [4.78, 5) is 21.3. The van der Waals surface area contributed by atoms with Crippen molar-refractivity contribution in [1.29, 1.82) is 0 Å². The number of carboxylic acid groups (broad SMARTS) is 2. The second-order valence-corrected chi connectivity index (χ2v) is 6.62. The maximum absolute atomic E-state index is 11.8. The van der Waals surface area contributed by atoms with E-state index < -0.39 is 28.0 Å². The Hall–Kier alpha value is -1.45. The minimum atomic E-state index is -3.87. The lowest BCUT2D eigenvalue weighted by Gasteiger charge is -2.13. The number of thiophene rings is 1. The van der Waals surface area contributed by atoms with Crippen LogP contribution in [0.15, 0.2) is 21.7 Å². The normalized spacial score (nSPS) is 13.1. The third-order valence-corrected chi connectivity index (χ3v) is 5.11. The lowest BCUT2D eigenvalue weighted by molar-refractivity contribution is -0.140. The summed E-state index contributed by atoms with van der Waals surface area (Å²) in [5.41, 5.74) is 0. The third-order valence-electron chi connectivity index (χ3n) is 2.24. The van der Waals surface area contributed by atoms with Crippen molar-refractivity contribution in [2.75, 3.05) is 0 Å². The fourth-order valence-electron chi connectivity index (χ4n) is 1.35. The highest BCUT2D eigenvalue weighted by Crippen LogP contribution is 2.16. The summed E-state index contributed by atoms with van der Waals surface area (Å²) in [5.74, 6) is -2.38. The molecule has 1 heterocycles. The first-order chi connectivity index (χ1) is 8.83. The lowest BCUT2D eigenvalue weighted by Crippen LogP contribution is -2.40. The summed E-state index contributed by atoms with van der Waals surface area (Å²) in [6.07, 6.45) is -0.198. The summed E-state index contributed by atoms with van der Waals surface area (Å²) in [7, 11) is -3.87. The van der Waals surface area contributed by atoms with Crippen molar-refractivity contribution in [3.63, 3.8) is 0 Å². The van der Waals surface area contributed by atoms with Crippen molar-refractivity contribution in [2.45, 2.75) is 29.5 Å². The van der Waals surface area contributed by atoms with Gasteiger partial charge in [0.1, 0.15) is 10.3 Å². The van der Waals surface area contributed by atoms with Crippen LogP contribution < -0.4 is 4.72 Å². The second-order valence-electron chi connectivity index (χ2n) is 3.73. The minimum absolute atomic E-state index is 0.0250. The molecule has 1 aromatic rings. The first-order valence-corrected chi connectivity index (χ1v) is 7.69. The predicted octanol–water partition coefficient (Wildman–Crippen LogP) is 0.735. The Labute approximate surface area is 113 Å². The lowest BCUT2D eigenvalue weighted by atomic mass is 10.1. The van der Waals surface area contributed by atoms with Crippen molar-refractivity contribution in [3.05, 3.63) is 17.5 Å². The van der Waals surface area contributed by atoms with Gasteiger partial charge in [-0.1, -0.05) is 6.07 Å². The first-order valence-electron chi connectivity index (χ1n) is 5.33. The zero-order valence-corrected chi connectivity index (χ0v) is 11.4. The van der Waals surface area contributed by atoms with Gasteiger partial charge >= 0.3 is 11.9 Å². The van der Waals surface area contributed by atoms with E-state index in [-0.39, 0.29) is 23.5 Å². The molecule has 0 aliphatic carbocycles. The smallest absolute Gasteiger partial charge is 0.321 e. The molecule has 3 N–H and O–H groups in total. The highest BCUT2D eigenvalue weighted by molar-refractivity contribution is 7.91. The molecule has 7 nitrogen and oxygen atoms in total. The molecule has 1 rings (SSSR count). The highest BCUT2D eigenvalue weighted by atomic mass is 32.2. The molecule has 0 saturated carbocycles. The summed E-state index contributed by atoms with van der Waals surface area (Å²) in [6, 6.07) is 1.58. The van der Waals surface area contributed by atoms with Crippen LogP contribution in [0.2, 0.25) is 0 Å². The quantitative estimate of drug-likeness (QED) is 0.651. The molecule has 1 unspecified atom stereocenters. The monoisotopic (exact) mass is 307 g/mol. The molecular formula is C10H13NO6S2. The van der Waals surface area contributed by atoms with E-state index in [2.05, 4.69) is 4.72 Å². The van der Waals surface area contributed by atoms with Gasteiger partial charge in [0.05, 0.1) is 0 Å². The van der Waals surface area contributed by atoms with E-state index in [4.69, 9.17) is 10.2 Å². The van der Waals surface area contributed by atoms with Crippen LogP contribution in [0.5, 0.6) is 0 Å². The van der Waals surface area contributed by atoms with E-state index in [0.717, 1.165) is 11.3 Å². The Balaban J connectivity index is 2.68. The highest BCUT2D eigenvalue weighted by Gasteiger charge is 2.25. The summed E-state index contributed by atoms with van der Waals surface area (Å²) in [6.45, 7) is 0. The van der Waals surface area contributed by atoms with Gasteiger partial charge < -0.3 is 10.2 Å². The van der Waals surface area contributed by atoms with Crippen LogP contribution in [0, 0.1) is 0 Å². The van der Waals surface area contributed by atoms with Crippen LogP contribution in [-0.2, 0) is 19.6 Å². The van der Waals surface area contributed by atoms with Crippen LogP contribution in [0.3, 0.4) is 0 Å². The molecule has 0 aliphatic heterocycles. The minimum Gasteiger partial charge on any atom is -0.481 e. The molecule has 19 heavy (non-hydrogen) atoms. The van der Waals surface area contributed by atoms with Gasteiger partial charge in [-0.25, -0.2) is 8.42 Å². The molecule has 0 radical (unpaired) electrons. The van der Waals surface area contributed by atoms with Gasteiger partial charge in [-0.2, -0.15) is 4.72 Å². The number of hydrogen-bond acceptors (Lipinski definition) is 5. The van der Waals surface area contributed by atoms with E-state index in [0.29, 0.717) is 0 Å². The van der Waals surface area contributed by atoms with Gasteiger partial charge in [-0.3, -0.25) is 9.59 Å². The number of aliphatic carboxylic acids is 2. The fourth-order valence-corrected chi connectivity index (χ4v) is 3.59. The van der Waals surface area contributed by atoms with E-state index in [1.807, 2.05) is 0 Å². The molecule has 1 atom stereocenters. The van der Waals surface area contributed by atoms with Gasteiger partial charge in [0.15, 0.2) is 0 Å². The molecule has 0 saturated heterocycles. The Morgan fingerprint density at radius 3 is 2.53 bits per heavy atom. The molecule has 0 aliphatic rings. The average molecular weight is 307 g/mol. The van der Waals surface area contributed by atoms with Crippen LogP contribution in [0.25, 0.3) is 0 Å². The van der Waals surface area contributed by atoms with Crippen LogP contribution in [-0.4, -0.2) is 36.6 Å². The Morgan fingerprint density at radius 1 is 1.37 bits per heavy atom. The number of sulfonamides is 1. The molecule has 106 valence electrons.